The first-order valence-electron chi connectivity index (χ1n) is 8.88. The number of hydrogen-bond acceptors (Lipinski definition) is 5. The average molecular weight is 389 g/mol. The van der Waals surface area contributed by atoms with Crippen LogP contribution in [0.15, 0.2) is 57.2 Å². The topological polar surface area (TPSA) is 6.48 Å². The Bertz CT molecular complexity index is 729. The summed E-state index contributed by atoms with van der Waals surface area (Å²) in [5.41, 5.74) is 2.75. The van der Waals surface area contributed by atoms with Gasteiger partial charge in [-0.3, -0.25) is 0 Å². The molecule has 2 heterocycles. The fourth-order valence-electron chi connectivity index (χ4n) is 3.45. The van der Waals surface area contributed by atoms with Crippen LogP contribution in [0, 0.1) is 0 Å². The van der Waals surface area contributed by atoms with Crippen molar-refractivity contribution in [3.63, 3.8) is 0 Å². The van der Waals surface area contributed by atoms with Gasteiger partial charge in [0.25, 0.3) is 0 Å². The van der Waals surface area contributed by atoms with Crippen LogP contribution in [0.5, 0.6) is 0 Å². The van der Waals surface area contributed by atoms with Crippen LogP contribution < -0.4 is 4.90 Å². The summed E-state index contributed by atoms with van der Waals surface area (Å²) in [7, 11) is 0. The van der Waals surface area contributed by atoms with E-state index in [-0.39, 0.29) is 0 Å². The monoisotopic (exact) mass is 388 g/mol. The zero-order valence-electron chi connectivity index (χ0n) is 14.6. The minimum absolute atomic E-state index is 1.09. The maximum atomic E-state index is 2.63. The normalized spacial score (nSPS) is 17.2. The second kappa shape index (κ2) is 8.30. The van der Waals surface area contributed by atoms with Crippen molar-refractivity contribution < 1.29 is 0 Å². The van der Waals surface area contributed by atoms with E-state index in [1.165, 1.54) is 63.6 Å². The zero-order valence-corrected chi connectivity index (χ0v) is 17.1. The third-order valence-corrected chi connectivity index (χ3v) is 7.59. The summed E-state index contributed by atoms with van der Waals surface area (Å²) in [5, 5.41) is 0. The number of hydrogen-bond donors (Lipinski definition) is 0. The lowest BCUT2D eigenvalue weighted by atomic mass is 10.2. The molecule has 0 atom stereocenters. The Labute approximate surface area is 163 Å². The van der Waals surface area contributed by atoms with Crippen LogP contribution in [0.2, 0.25) is 0 Å². The maximum absolute atomic E-state index is 2.63. The van der Waals surface area contributed by atoms with Crippen molar-refractivity contribution in [1.29, 1.82) is 0 Å². The average Bonchev–Trinajstić information content (AvgIpc) is 2.68. The number of fused-ring (bicyclic) bond motifs is 2. The molecule has 4 rings (SSSR count). The quantitative estimate of drug-likeness (QED) is 0.626. The minimum atomic E-state index is 1.09. The van der Waals surface area contributed by atoms with Gasteiger partial charge in [-0.05, 0) is 49.6 Å². The predicted octanol–water partition coefficient (Wildman–Crippen LogP) is 5.45. The predicted molar refractivity (Wildman–Crippen MR) is 114 cm³/mol. The third kappa shape index (κ3) is 4.00. The van der Waals surface area contributed by atoms with Crippen molar-refractivity contribution in [2.45, 2.75) is 21.1 Å². The molecular weight excluding hydrogens is 364 g/mol. The van der Waals surface area contributed by atoms with Gasteiger partial charge in [-0.15, -0.1) is 11.8 Å². The highest BCUT2D eigenvalue weighted by Crippen LogP contribution is 2.48. The van der Waals surface area contributed by atoms with E-state index in [9.17, 15) is 0 Å². The van der Waals surface area contributed by atoms with Gasteiger partial charge >= 0.3 is 0 Å². The first-order chi connectivity index (χ1) is 12.3. The summed E-state index contributed by atoms with van der Waals surface area (Å²) < 4.78 is 0. The number of nitrogens with zero attached hydrogens (tertiary/aromatic N) is 2. The van der Waals surface area contributed by atoms with Crippen molar-refractivity contribution in [3.8, 4) is 0 Å². The van der Waals surface area contributed by atoms with Gasteiger partial charge in [-0.25, -0.2) is 0 Å². The third-order valence-electron chi connectivity index (χ3n) is 4.79. The smallest absolute Gasteiger partial charge is 0.0564 e. The van der Waals surface area contributed by atoms with Gasteiger partial charge in [0.2, 0.25) is 0 Å². The number of anilines is 2. The molecule has 2 nitrogen and oxygen atoms in total. The molecule has 132 valence electrons. The van der Waals surface area contributed by atoms with Crippen molar-refractivity contribution in [2.24, 2.45) is 0 Å². The van der Waals surface area contributed by atoms with Gasteiger partial charge in [-0.2, -0.15) is 11.8 Å². The molecular formula is C20H24N2S3. The molecule has 1 saturated heterocycles. The number of benzene rings is 2. The SMILES string of the molecule is CSc1ccc2c(c1)N(CCCN1CCSCC1)c1ccccc1S2. The standard InChI is InChI=1S/C20H24N2S3/c1-23-16-7-8-20-18(15-16)22(17-5-2-3-6-19(17)25-20)10-4-9-21-11-13-24-14-12-21/h2-3,5-8,15H,4,9-14H2,1H3. The summed E-state index contributed by atoms with van der Waals surface area (Å²) in [5.74, 6) is 2.59. The van der Waals surface area contributed by atoms with E-state index in [1.807, 2.05) is 23.5 Å². The highest BCUT2D eigenvalue weighted by atomic mass is 32.2. The highest BCUT2D eigenvalue weighted by molar-refractivity contribution is 8.00. The van der Waals surface area contributed by atoms with Crippen LogP contribution in [0.4, 0.5) is 11.4 Å². The Hall–Kier alpha value is -0.750. The van der Waals surface area contributed by atoms with Gasteiger partial charge in [-0.1, -0.05) is 23.9 Å². The Balaban J connectivity index is 1.55. The number of rotatable bonds is 5. The summed E-state index contributed by atoms with van der Waals surface area (Å²) in [6.07, 6.45) is 3.37. The van der Waals surface area contributed by atoms with Crippen LogP contribution in [0.3, 0.4) is 0 Å². The molecule has 5 heteroatoms. The van der Waals surface area contributed by atoms with E-state index in [0.29, 0.717) is 0 Å². The number of thioether (sulfide) groups is 2. The van der Waals surface area contributed by atoms with Crippen molar-refractivity contribution >= 4 is 46.7 Å². The molecule has 0 saturated carbocycles. The molecule has 25 heavy (non-hydrogen) atoms. The van der Waals surface area contributed by atoms with Crippen molar-refractivity contribution in [2.75, 3.05) is 48.8 Å². The first-order valence-corrected chi connectivity index (χ1v) is 12.1. The van der Waals surface area contributed by atoms with Gasteiger partial charge in [0.1, 0.15) is 0 Å². The summed E-state index contributed by atoms with van der Waals surface area (Å²) >= 11 is 5.82. The lowest BCUT2D eigenvalue weighted by molar-refractivity contribution is 0.300. The van der Waals surface area contributed by atoms with E-state index >= 15 is 0 Å². The largest absolute Gasteiger partial charge is 0.340 e. The van der Waals surface area contributed by atoms with Crippen LogP contribution in [0.25, 0.3) is 0 Å². The Kier molecular flexibility index (Phi) is 5.86. The summed E-state index contributed by atoms with van der Waals surface area (Å²) in [6.45, 7) is 4.81. The second-order valence-corrected chi connectivity index (χ2v) is 9.55. The molecule has 2 aliphatic rings. The second-order valence-electron chi connectivity index (χ2n) is 6.36. The molecule has 2 aromatic carbocycles. The molecule has 0 N–H and O–H groups in total. The molecule has 2 aliphatic heterocycles. The zero-order chi connectivity index (χ0) is 17.1. The van der Waals surface area contributed by atoms with Crippen LogP contribution in [-0.4, -0.2) is 48.8 Å². The van der Waals surface area contributed by atoms with E-state index in [2.05, 4.69) is 70.3 Å². The highest BCUT2D eigenvalue weighted by Gasteiger charge is 2.23. The number of para-hydroxylation sites is 1. The van der Waals surface area contributed by atoms with Crippen LogP contribution in [0.1, 0.15) is 6.42 Å². The van der Waals surface area contributed by atoms with Crippen molar-refractivity contribution in [1.82, 2.24) is 4.90 Å². The fraction of sp³-hybridized carbons (Fsp3) is 0.400. The molecule has 0 bridgehead atoms. The first kappa shape index (κ1) is 17.7. The molecule has 0 unspecified atom stereocenters. The van der Waals surface area contributed by atoms with Crippen molar-refractivity contribution in [3.05, 3.63) is 42.5 Å². The van der Waals surface area contributed by atoms with E-state index < -0.39 is 0 Å². The van der Waals surface area contributed by atoms with Crippen LogP contribution in [-0.2, 0) is 0 Å². The van der Waals surface area contributed by atoms with Crippen LogP contribution >= 0.6 is 35.3 Å². The lowest BCUT2D eigenvalue weighted by Crippen LogP contribution is -2.35. The maximum Gasteiger partial charge on any atom is 0.0564 e. The van der Waals surface area contributed by atoms with Gasteiger partial charge < -0.3 is 9.80 Å². The fourth-order valence-corrected chi connectivity index (χ4v) is 5.94. The molecule has 0 amide bonds. The van der Waals surface area contributed by atoms with Gasteiger partial charge in [0, 0.05) is 45.8 Å². The molecule has 0 radical (unpaired) electrons. The van der Waals surface area contributed by atoms with E-state index in [1.54, 1.807) is 0 Å². The molecule has 2 aromatic rings. The summed E-state index contributed by atoms with van der Waals surface area (Å²) in [6, 6.07) is 15.7. The molecule has 0 aliphatic carbocycles. The Morgan fingerprint density at radius 3 is 2.60 bits per heavy atom. The van der Waals surface area contributed by atoms with E-state index in [0.717, 1.165) is 6.54 Å². The minimum Gasteiger partial charge on any atom is -0.340 e. The van der Waals surface area contributed by atoms with Gasteiger partial charge in [0.15, 0.2) is 0 Å². The van der Waals surface area contributed by atoms with Gasteiger partial charge in [0.05, 0.1) is 11.4 Å². The Morgan fingerprint density at radius 1 is 0.960 bits per heavy atom. The molecule has 0 aromatic heterocycles. The molecule has 0 spiro atoms. The molecule has 1 fully saturated rings. The lowest BCUT2D eigenvalue weighted by Gasteiger charge is -2.34. The Morgan fingerprint density at radius 2 is 1.76 bits per heavy atom. The van der Waals surface area contributed by atoms with E-state index in [4.69, 9.17) is 0 Å². The summed E-state index contributed by atoms with van der Waals surface area (Å²) in [4.78, 5) is 9.27.